The highest BCUT2D eigenvalue weighted by molar-refractivity contribution is 5.26. The molecule has 1 atom stereocenters. The molecule has 17 heavy (non-hydrogen) atoms. The maximum atomic E-state index is 5.58. The molecule has 1 saturated heterocycles. The Kier molecular flexibility index (Phi) is 4.20. The molecule has 2 heterocycles. The normalized spacial score (nSPS) is 20.8. The zero-order chi connectivity index (χ0) is 12.3. The van der Waals surface area contributed by atoms with Gasteiger partial charge in [0.25, 0.3) is 0 Å². The summed E-state index contributed by atoms with van der Waals surface area (Å²) >= 11 is 0. The zero-order valence-electron chi connectivity index (χ0n) is 11.0. The second kappa shape index (κ2) is 5.67. The average molecular weight is 238 g/mol. The van der Waals surface area contributed by atoms with E-state index in [0.717, 1.165) is 26.3 Å². The molecule has 0 saturated carbocycles. The van der Waals surface area contributed by atoms with Gasteiger partial charge in [-0.2, -0.15) is 0 Å². The molecule has 96 valence electrons. The lowest BCUT2D eigenvalue weighted by Gasteiger charge is -2.23. The van der Waals surface area contributed by atoms with Crippen LogP contribution in [0.2, 0.25) is 0 Å². The molecule has 0 spiro atoms. The number of ether oxygens (including phenoxy) is 2. The van der Waals surface area contributed by atoms with Gasteiger partial charge in [-0.05, 0) is 25.5 Å². The van der Waals surface area contributed by atoms with Gasteiger partial charge in [0.1, 0.15) is 0 Å². The van der Waals surface area contributed by atoms with Gasteiger partial charge in [-0.25, -0.2) is 0 Å². The van der Waals surface area contributed by atoms with E-state index in [0.29, 0.717) is 6.61 Å². The van der Waals surface area contributed by atoms with Gasteiger partial charge < -0.3 is 19.4 Å². The predicted molar refractivity (Wildman–Crippen MR) is 67.2 cm³/mol. The topological polar surface area (TPSA) is 35.4 Å². The lowest BCUT2D eigenvalue weighted by Crippen LogP contribution is -2.37. The molecule has 1 aliphatic heterocycles. The van der Waals surface area contributed by atoms with E-state index in [1.165, 1.54) is 17.0 Å². The van der Waals surface area contributed by atoms with E-state index in [-0.39, 0.29) is 6.10 Å². The molecule has 0 amide bonds. The van der Waals surface area contributed by atoms with Crippen molar-refractivity contribution in [2.45, 2.75) is 26.5 Å². The van der Waals surface area contributed by atoms with Gasteiger partial charge in [-0.1, -0.05) is 0 Å². The summed E-state index contributed by atoms with van der Waals surface area (Å²) in [7, 11) is 2.10. The summed E-state index contributed by atoms with van der Waals surface area (Å²) in [6.45, 7) is 8.20. The fourth-order valence-electron chi connectivity index (χ4n) is 2.13. The molecule has 1 aliphatic rings. The number of rotatable bonds is 4. The van der Waals surface area contributed by atoms with Crippen LogP contribution in [0.5, 0.6) is 0 Å². The maximum absolute atomic E-state index is 5.58. The van der Waals surface area contributed by atoms with Crippen LogP contribution in [0, 0.1) is 13.8 Å². The van der Waals surface area contributed by atoms with Crippen molar-refractivity contribution in [1.82, 2.24) is 9.88 Å². The molecule has 0 aromatic carbocycles. The molecule has 1 fully saturated rings. The monoisotopic (exact) mass is 238 g/mol. The fourth-order valence-corrected chi connectivity index (χ4v) is 2.13. The zero-order valence-corrected chi connectivity index (χ0v) is 11.0. The lowest BCUT2D eigenvalue weighted by atomic mass is 10.2. The Bertz CT molecular complexity index is 368. The van der Waals surface area contributed by atoms with E-state index in [4.69, 9.17) is 9.47 Å². The maximum Gasteiger partial charge on any atom is 0.0933 e. The second-order valence-electron chi connectivity index (χ2n) is 4.65. The van der Waals surface area contributed by atoms with Crippen molar-refractivity contribution in [3.8, 4) is 0 Å². The quantitative estimate of drug-likeness (QED) is 0.854. The third-order valence-electron chi connectivity index (χ3n) is 3.45. The van der Waals surface area contributed by atoms with E-state index in [2.05, 4.69) is 36.8 Å². The Hall–Kier alpha value is -0.840. The van der Waals surface area contributed by atoms with Gasteiger partial charge in [0, 0.05) is 31.5 Å². The first-order valence-corrected chi connectivity index (χ1v) is 6.20. The molecule has 0 radical (unpaired) electrons. The summed E-state index contributed by atoms with van der Waals surface area (Å²) in [4.78, 5) is 0. The molecule has 0 aliphatic carbocycles. The highest BCUT2D eigenvalue weighted by atomic mass is 16.6. The smallest absolute Gasteiger partial charge is 0.0933 e. The first-order chi connectivity index (χ1) is 8.18. The molecular formula is C13H22N2O2. The molecule has 1 N–H and O–H groups in total. The molecule has 1 unspecified atom stereocenters. The SMILES string of the molecule is Cc1cc(CNCC2COCCO2)c(C)n1C. The van der Waals surface area contributed by atoms with Gasteiger partial charge in [0.15, 0.2) is 0 Å². The number of aryl methyl sites for hydroxylation is 1. The van der Waals surface area contributed by atoms with Gasteiger partial charge in [0.2, 0.25) is 0 Å². The van der Waals surface area contributed by atoms with Crippen molar-refractivity contribution >= 4 is 0 Å². The molecule has 1 aromatic heterocycles. The Morgan fingerprint density at radius 1 is 1.41 bits per heavy atom. The Morgan fingerprint density at radius 2 is 2.24 bits per heavy atom. The van der Waals surface area contributed by atoms with Crippen molar-refractivity contribution in [3.05, 3.63) is 23.0 Å². The van der Waals surface area contributed by atoms with Gasteiger partial charge in [-0.3, -0.25) is 0 Å². The minimum Gasteiger partial charge on any atom is -0.376 e. The summed E-state index contributed by atoms with van der Waals surface area (Å²) < 4.78 is 13.2. The first kappa shape index (κ1) is 12.6. The summed E-state index contributed by atoms with van der Waals surface area (Å²) in [5, 5.41) is 3.43. The van der Waals surface area contributed by atoms with Crippen LogP contribution >= 0.6 is 0 Å². The third-order valence-corrected chi connectivity index (χ3v) is 3.45. The molecule has 4 nitrogen and oxygen atoms in total. The minimum atomic E-state index is 0.203. The van der Waals surface area contributed by atoms with Crippen molar-refractivity contribution in [1.29, 1.82) is 0 Å². The molecule has 0 bridgehead atoms. The lowest BCUT2D eigenvalue weighted by molar-refractivity contribution is -0.0864. The molecular weight excluding hydrogens is 216 g/mol. The largest absolute Gasteiger partial charge is 0.376 e. The second-order valence-corrected chi connectivity index (χ2v) is 4.65. The summed E-state index contributed by atoms with van der Waals surface area (Å²) in [5.74, 6) is 0. The van der Waals surface area contributed by atoms with E-state index in [9.17, 15) is 0 Å². The van der Waals surface area contributed by atoms with Gasteiger partial charge in [0.05, 0.1) is 25.9 Å². The van der Waals surface area contributed by atoms with Gasteiger partial charge >= 0.3 is 0 Å². The van der Waals surface area contributed by atoms with E-state index in [1.807, 2.05) is 0 Å². The van der Waals surface area contributed by atoms with Crippen molar-refractivity contribution in [2.75, 3.05) is 26.4 Å². The molecule has 1 aromatic rings. The number of hydrogen-bond donors (Lipinski definition) is 1. The Balaban J connectivity index is 1.79. The summed E-state index contributed by atoms with van der Waals surface area (Å²) in [5.41, 5.74) is 3.99. The van der Waals surface area contributed by atoms with E-state index < -0.39 is 0 Å². The number of aromatic nitrogens is 1. The average Bonchev–Trinajstić information content (AvgIpc) is 2.59. The third kappa shape index (κ3) is 3.09. The Labute approximate surface area is 103 Å². The van der Waals surface area contributed by atoms with Crippen LogP contribution in [0.15, 0.2) is 6.07 Å². The van der Waals surface area contributed by atoms with Crippen LogP contribution in [-0.2, 0) is 23.1 Å². The van der Waals surface area contributed by atoms with Crippen molar-refractivity contribution in [3.63, 3.8) is 0 Å². The highest BCUT2D eigenvalue weighted by Gasteiger charge is 2.14. The number of nitrogens with one attached hydrogen (secondary N) is 1. The van der Waals surface area contributed by atoms with E-state index in [1.54, 1.807) is 0 Å². The van der Waals surface area contributed by atoms with Crippen LogP contribution in [0.4, 0.5) is 0 Å². The van der Waals surface area contributed by atoms with Crippen LogP contribution in [0.25, 0.3) is 0 Å². The minimum absolute atomic E-state index is 0.203. The van der Waals surface area contributed by atoms with Gasteiger partial charge in [-0.15, -0.1) is 0 Å². The predicted octanol–water partition coefficient (Wildman–Crippen LogP) is 1.15. The first-order valence-electron chi connectivity index (χ1n) is 6.20. The van der Waals surface area contributed by atoms with E-state index >= 15 is 0 Å². The molecule has 2 rings (SSSR count). The Morgan fingerprint density at radius 3 is 2.82 bits per heavy atom. The summed E-state index contributed by atoms with van der Waals surface area (Å²) in [6, 6.07) is 2.24. The summed E-state index contributed by atoms with van der Waals surface area (Å²) in [6.07, 6.45) is 0.203. The standard InChI is InChI=1S/C13H22N2O2/c1-10-6-12(11(2)15(10)3)7-14-8-13-9-16-4-5-17-13/h6,13-14H,4-5,7-9H2,1-3H3. The highest BCUT2D eigenvalue weighted by Crippen LogP contribution is 2.12. The number of nitrogens with zero attached hydrogens (tertiary/aromatic N) is 1. The van der Waals surface area contributed by atoms with Crippen LogP contribution in [0.1, 0.15) is 17.0 Å². The van der Waals surface area contributed by atoms with Crippen molar-refractivity contribution in [2.24, 2.45) is 7.05 Å². The van der Waals surface area contributed by atoms with Crippen molar-refractivity contribution < 1.29 is 9.47 Å². The molecule has 4 heteroatoms. The van der Waals surface area contributed by atoms with Crippen LogP contribution in [-0.4, -0.2) is 37.0 Å². The van der Waals surface area contributed by atoms with Crippen LogP contribution < -0.4 is 5.32 Å². The van der Waals surface area contributed by atoms with Crippen LogP contribution in [0.3, 0.4) is 0 Å². The number of hydrogen-bond acceptors (Lipinski definition) is 3. The fraction of sp³-hybridized carbons (Fsp3) is 0.692.